The average Bonchev–Trinajstić information content (AvgIpc) is 2.55. The zero-order chi connectivity index (χ0) is 15.6. The van der Waals surface area contributed by atoms with Crippen LogP contribution in [0.3, 0.4) is 0 Å². The van der Waals surface area contributed by atoms with Crippen LogP contribution in [-0.2, 0) is 4.84 Å². The van der Waals surface area contributed by atoms with Crippen molar-refractivity contribution in [1.82, 2.24) is 15.3 Å². The van der Waals surface area contributed by atoms with E-state index in [1.165, 1.54) is 56.7 Å². The summed E-state index contributed by atoms with van der Waals surface area (Å²) in [6, 6.07) is 0. The van der Waals surface area contributed by atoms with E-state index in [0.717, 1.165) is 32.4 Å². The monoisotopic (exact) mass is 307 g/mol. The molecule has 0 aromatic heterocycles. The summed E-state index contributed by atoms with van der Waals surface area (Å²) in [5.41, 5.74) is 5.84. The third-order valence-corrected chi connectivity index (χ3v) is 4.52. The molecule has 0 saturated carbocycles. The lowest BCUT2D eigenvalue weighted by Gasteiger charge is -2.32. The number of likely N-dealkylation sites (N-methyl/N-ethyl adjacent to an activating group) is 1. The lowest BCUT2D eigenvalue weighted by molar-refractivity contribution is 0.0520. The van der Waals surface area contributed by atoms with E-state index in [-0.39, 0.29) is 0 Å². The van der Waals surface area contributed by atoms with Crippen molar-refractivity contribution in [2.75, 3.05) is 46.4 Å². The summed E-state index contributed by atoms with van der Waals surface area (Å²) in [5, 5.41) is 0. The lowest BCUT2D eigenvalue weighted by atomic mass is 9.97. The molecule has 0 atom stereocenters. The molecule has 0 unspecified atom stereocenters. The summed E-state index contributed by atoms with van der Waals surface area (Å²) < 4.78 is 0. The topological polar surface area (TPSA) is 27.7 Å². The van der Waals surface area contributed by atoms with Gasteiger partial charge in [-0.25, -0.2) is 0 Å². The summed E-state index contributed by atoms with van der Waals surface area (Å²) in [6.45, 7) is 8.93. The number of hydrogen-bond acceptors (Lipinski definition) is 4. The van der Waals surface area contributed by atoms with E-state index in [4.69, 9.17) is 4.84 Å². The summed E-state index contributed by atoms with van der Waals surface area (Å²) in [7, 11) is 2.20. The smallest absolute Gasteiger partial charge is 0.0758 e. The molecule has 0 radical (unpaired) electrons. The quantitative estimate of drug-likeness (QED) is 0.551. The molecule has 2 aliphatic rings. The summed E-state index contributed by atoms with van der Waals surface area (Å²) in [4.78, 5) is 10.6. The van der Waals surface area contributed by atoms with E-state index in [1.807, 2.05) is 0 Å². The number of hydroxylamine groups is 1. The van der Waals surface area contributed by atoms with Gasteiger partial charge in [0.1, 0.15) is 0 Å². The van der Waals surface area contributed by atoms with Gasteiger partial charge in [-0.1, -0.05) is 25.5 Å². The van der Waals surface area contributed by atoms with Crippen LogP contribution in [0.15, 0.2) is 23.4 Å². The molecule has 0 aromatic carbocycles. The molecule has 1 heterocycles. The van der Waals surface area contributed by atoms with Gasteiger partial charge in [-0.2, -0.15) is 0 Å². The van der Waals surface area contributed by atoms with Gasteiger partial charge in [-0.3, -0.25) is 10.3 Å². The third kappa shape index (κ3) is 6.11. The van der Waals surface area contributed by atoms with Crippen molar-refractivity contribution in [3.63, 3.8) is 0 Å². The van der Waals surface area contributed by atoms with E-state index >= 15 is 0 Å². The van der Waals surface area contributed by atoms with Crippen LogP contribution in [0.25, 0.3) is 0 Å². The summed E-state index contributed by atoms with van der Waals surface area (Å²) in [6.07, 6.45) is 11.7. The maximum absolute atomic E-state index is 5.70. The SMILES string of the molecule is CCCC=C1CCCC=C1NOCCCN1CCN(C)CC1. The van der Waals surface area contributed by atoms with Gasteiger partial charge in [0.25, 0.3) is 0 Å². The molecular formula is C18H33N3O. The zero-order valence-corrected chi connectivity index (χ0v) is 14.4. The molecule has 126 valence electrons. The highest BCUT2D eigenvalue weighted by Crippen LogP contribution is 2.22. The molecule has 22 heavy (non-hydrogen) atoms. The maximum Gasteiger partial charge on any atom is 0.0758 e. The van der Waals surface area contributed by atoms with Crippen LogP contribution in [0, 0.1) is 0 Å². The van der Waals surface area contributed by atoms with Gasteiger partial charge in [0.05, 0.1) is 12.3 Å². The first kappa shape index (κ1) is 17.5. The fourth-order valence-electron chi connectivity index (χ4n) is 3.00. The summed E-state index contributed by atoms with van der Waals surface area (Å²) >= 11 is 0. The Morgan fingerprint density at radius 1 is 1.27 bits per heavy atom. The van der Waals surface area contributed by atoms with Gasteiger partial charge >= 0.3 is 0 Å². The molecule has 0 bridgehead atoms. The second-order valence-corrected chi connectivity index (χ2v) is 6.48. The largest absolute Gasteiger partial charge is 0.304 e. The zero-order valence-electron chi connectivity index (χ0n) is 14.4. The molecule has 1 N–H and O–H groups in total. The minimum atomic E-state index is 0.782. The highest BCUT2D eigenvalue weighted by Gasteiger charge is 2.13. The molecular weight excluding hydrogens is 274 g/mol. The first-order chi connectivity index (χ1) is 10.8. The van der Waals surface area contributed by atoms with Crippen molar-refractivity contribution in [3.05, 3.63) is 23.4 Å². The Kier molecular flexibility index (Phi) is 7.99. The Morgan fingerprint density at radius 3 is 2.86 bits per heavy atom. The lowest BCUT2D eigenvalue weighted by Crippen LogP contribution is -2.44. The van der Waals surface area contributed by atoms with Crippen molar-refractivity contribution in [2.45, 2.75) is 45.4 Å². The Morgan fingerprint density at radius 2 is 2.09 bits per heavy atom. The van der Waals surface area contributed by atoms with E-state index < -0.39 is 0 Å². The second-order valence-electron chi connectivity index (χ2n) is 6.48. The molecule has 1 aliphatic carbocycles. The standard InChI is InChI=1S/C18H33N3O/c1-3-4-8-17-9-5-6-10-18(17)19-22-16-7-11-21-14-12-20(2)13-15-21/h8,10,19H,3-7,9,11-16H2,1-2H3. The van der Waals surface area contributed by atoms with Crippen molar-refractivity contribution in [2.24, 2.45) is 0 Å². The van der Waals surface area contributed by atoms with E-state index in [0.29, 0.717) is 0 Å². The van der Waals surface area contributed by atoms with Crippen LogP contribution in [0.5, 0.6) is 0 Å². The maximum atomic E-state index is 5.70. The first-order valence-corrected chi connectivity index (χ1v) is 8.98. The number of rotatable bonds is 8. The Bertz CT molecular complexity index is 371. The number of hydrogen-bond donors (Lipinski definition) is 1. The minimum absolute atomic E-state index is 0.782. The van der Waals surface area contributed by atoms with E-state index in [2.05, 4.69) is 41.4 Å². The molecule has 1 saturated heterocycles. The van der Waals surface area contributed by atoms with Gasteiger partial charge in [0, 0.05) is 32.7 Å². The van der Waals surface area contributed by atoms with Crippen molar-refractivity contribution < 1.29 is 4.84 Å². The van der Waals surface area contributed by atoms with Crippen LogP contribution in [0.4, 0.5) is 0 Å². The van der Waals surface area contributed by atoms with E-state index in [9.17, 15) is 0 Å². The van der Waals surface area contributed by atoms with Gasteiger partial charge < -0.3 is 9.80 Å². The second kappa shape index (κ2) is 10.0. The van der Waals surface area contributed by atoms with Crippen LogP contribution < -0.4 is 5.48 Å². The number of nitrogens with zero attached hydrogens (tertiary/aromatic N) is 2. The molecule has 2 rings (SSSR count). The molecule has 4 heteroatoms. The fourth-order valence-corrected chi connectivity index (χ4v) is 3.00. The third-order valence-electron chi connectivity index (χ3n) is 4.52. The van der Waals surface area contributed by atoms with Crippen LogP contribution in [-0.4, -0.2) is 56.2 Å². The van der Waals surface area contributed by atoms with Gasteiger partial charge in [0.2, 0.25) is 0 Å². The summed E-state index contributed by atoms with van der Waals surface area (Å²) in [5.74, 6) is 0. The molecule has 4 nitrogen and oxygen atoms in total. The predicted octanol–water partition coefficient (Wildman–Crippen LogP) is 2.94. The number of allylic oxidation sites excluding steroid dienone is 3. The first-order valence-electron chi connectivity index (χ1n) is 8.98. The van der Waals surface area contributed by atoms with Crippen molar-refractivity contribution >= 4 is 0 Å². The molecule has 1 aliphatic heterocycles. The number of unbranched alkanes of at least 4 members (excludes halogenated alkanes) is 1. The highest BCUT2D eigenvalue weighted by molar-refractivity contribution is 5.30. The van der Waals surface area contributed by atoms with Crippen LogP contribution in [0.2, 0.25) is 0 Å². The average molecular weight is 307 g/mol. The molecule has 0 amide bonds. The fraction of sp³-hybridized carbons (Fsp3) is 0.778. The van der Waals surface area contributed by atoms with Gasteiger partial charge in [0.15, 0.2) is 0 Å². The van der Waals surface area contributed by atoms with Crippen molar-refractivity contribution in [1.29, 1.82) is 0 Å². The molecule has 0 aromatic rings. The molecule has 0 spiro atoms. The van der Waals surface area contributed by atoms with Gasteiger partial charge in [-0.15, -0.1) is 0 Å². The predicted molar refractivity (Wildman–Crippen MR) is 92.6 cm³/mol. The minimum Gasteiger partial charge on any atom is -0.304 e. The number of nitrogens with one attached hydrogen (secondary N) is 1. The van der Waals surface area contributed by atoms with Crippen LogP contribution >= 0.6 is 0 Å². The van der Waals surface area contributed by atoms with Gasteiger partial charge in [-0.05, 0) is 44.7 Å². The molecule has 1 fully saturated rings. The Balaban J connectivity index is 1.60. The Labute approximate surface area is 136 Å². The van der Waals surface area contributed by atoms with Crippen LogP contribution in [0.1, 0.15) is 45.4 Å². The van der Waals surface area contributed by atoms with E-state index in [1.54, 1.807) is 0 Å². The normalized spacial score (nSPS) is 22.8. The Hall–Kier alpha value is -0.840. The number of piperazine rings is 1. The van der Waals surface area contributed by atoms with Crippen molar-refractivity contribution in [3.8, 4) is 0 Å². The highest BCUT2D eigenvalue weighted by atomic mass is 16.6.